The van der Waals surface area contributed by atoms with Gasteiger partial charge in [-0.05, 0) is 43.5 Å². The van der Waals surface area contributed by atoms with E-state index in [4.69, 9.17) is 0 Å². The van der Waals surface area contributed by atoms with Gasteiger partial charge in [0, 0.05) is 38.3 Å². The number of nitrogens with one attached hydrogen (secondary N) is 1. The van der Waals surface area contributed by atoms with Crippen molar-refractivity contribution in [3.63, 3.8) is 0 Å². The molecule has 1 unspecified atom stereocenters. The van der Waals surface area contributed by atoms with E-state index in [0.29, 0.717) is 44.6 Å². The molecule has 2 aliphatic rings. The maximum absolute atomic E-state index is 13.0. The second-order valence-corrected chi connectivity index (χ2v) is 6.44. The fraction of sp³-hybridized carbons (Fsp3) is 0.500. The van der Waals surface area contributed by atoms with Gasteiger partial charge in [0.15, 0.2) is 0 Å². The van der Waals surface area contributed by atoms with Crippen molar-refractivity contribution in [2.75, 3.05) is 31.1 Å². The molecular weight excluding hydrogens is 325 g/mol. The summed E-state index contributed by atoms with van der Waals surface area (Å²) in [5, 5.41) is 2.79. The molecule has 0 bridgehead atoms. The number of hydrogen-bond donors (Lipinski definition) is 1. The van der Waals surface area contributed by atoms with Gasteiger partial charge < -0.3 is 15.1 Å². The first-order chi connectivity index (χ1) is 12.1. The topological polar surface area (TPSA) is 69.7 Å². The normalized spacial score (nSPS) is 20.4. The summed E-state index contributed by atoms with van der Waals surface area (Å²) in [6, 6.07) is 5.69. The molecule has 0 radical (unpaired) electrons. The minimum absolute atomic E-state index is 0.173. The minimum Gasteiger partial charge on any atom is -0.355 e. The molecule has 6 nitrogen and oxygen atoms in total. The van der Waals surface area contributed by atoms with Crippen molar-refractivity contribution >= 4 is 23.4 Å². The zero-order valence-corrected chi connectivity index (χ0v) is 14.0. The van der Waals surface area contributed by atoms with E-state index in [9.17, 15) is 18.8 Å². The van der Waals surface area contributed by atoms with Crippen molar-refractivity contribution in [3.05, 3.63) is 30.1 Å². The van der Waals surface area contributed by atoms with Crippen LogP contribution in [0.25, 0.3) is 0 Å². The Kier molecular flexibility index (Phi) is 5.31. The maximum atomic E-state index is 13.0. The number of benzene rings is 1. The van der Waals surface area contributed by atoms with Crippen molar-refractivity contribution in [3.8, 4) is 0 Å². The molecule has 0 aliphatic carbocycles. The number of likely N-dealkylation sites (tertiary alicyclic amines) is 1. The van der Waals surface area contributed by atoms with Crippen LogP contribution >= 0.6 is 0 Å². The Balaban J connectivity index is 1.45. The van der Waals surface area contributed by atoms with Gasteiger partial charge >= 0.3 is 0 Å². The average Bonchev–Trinajstić information content (AvgIpc) is 3.18. The lowest BCUT2D eigenvalue weighted by atomic mass is 10.1. The molecule has 2 aliphatic heterocycles. The van der Waals surface area contributed by atoms with Crippen molar-refractivity contribution in [2.24, 2.45) is 5.92 Å². The van der Waals surface area contributed by atoms with Crippen molar-refractivity contribution in [1.82, 2.24) is 10.2 Å². The Labute approximate surface area is 146 Å². The fourth-order valence-corrected chi connectivity index (χ4v) is 3.35. The molecule has 2 fully saturated rings. The van der Waals surface area contributed by atoms with Gasteiger partial charge in [-0.25, -0.2) is 4.39 Å². The Morgan fingerprint density at radius 2 is 1.96 bits per heavy atom. The quantitative estimate of drug-likeness (QED) is 0.623. The molecule has 7 heteroatoms. The molecular formula is C18H22FN3O3. The molecule has 2 heterocycles. The van der Waals surface area contributed by atoms with Crippen LogP contribution in [0.3, 0.4) is 0 Å². The van der Waals surface area contributed by atoms with Gasteiger partial charge in [-0.15, -0.1) is 0 Å². The first kappa shape index (κ1) is 17.4. The number of hydrogen-bond acceptors (Lipinski definition) is 3. The van der Waals surface area contributed by atoms with E-state index in [0.717, 1.165) is 13.0 Å². The lowest BCUT2D eigenvalue weighted by molar-refractivity contribution is -0.132. The van der Waals surface area contributed by atoms with Crippen LogP contribution in [0.2, 0.25) is 0 Å². The third-order valence-corrected chi connectivity index (χ3v) is 4.74. The zero-order chi connectivity index (χ0) is 17.8. The van der Waals surface area contributed by atoms with Gasteiger partial charge in [0.2, 0.25) is 17.7 Å². The van der Waals surface area contributed by atoms with Crippen LogP contribution in [0.4, 0.5) is 10.1 Å². The highest BCUT2D eigenvalue weighted by atomic mass is 19.1. The molecule has 1 N–H and O–H groups in total. The largest absolute Gasteiger partial charge is 0.355 e. The molecule has 0 aromatic heterocycles. The van der Waals surface area contributed by atoms with E-state index < -0.39 is 5.92 Å². The van der Waals surface area contributed by atoms with Gasteiger partial charge in [0.05, 0.1) is 0 Å². The molecule has 1 aromatic rings. The highest BCUT2D eigenvalue weighted by Gasteiger charge is 2.37. The van der Waals surface area contributed by atoms with E-state index in [2.05, 4.69) is 5.32 Å². The number of nitrogens with zero attached hydrogens (tertiary/aromatic N) is 2. The van der Waals surface area contributed by atoms with Gasteiger partial charge in [-0.3, -0.25) is 14.4 Å². The number of amides is 3. The van der Waals surface area contributed by atoms with Gasteiger partial charge in [-0.1, -0.05) is 0 Å². The van der Waals surface area contributed by atoms with Crippen LogP contribution in [0, 0.1) is 11.7 Å². The van der Waals surface area contributed by atoms with E-state index in [1.807, 2.05) is 4.90 Å². The monoisotopic (exact) mass is 347 g/mol. The summed E-state index contributed by atoms with van der Waals surface area (Å²) in [5.41, 5.74) is 0.606. The molecule has 3 rings (SSSR count). The summed E-state index contributed by atoms with van der Waals surface area (Å²) in [6.07, 6.45) is 2.65. The average molecular weight is 347 g/mol. The fourth-order valence-electron chi connectivity index (χ4n) is 3.35. The second kappa shape index (κ2) is 7.63. The van der Waals surface area contributed by atoms with Crippen molar-refractivity contribution in [1.29, 1.82) is 0 Å². The van der Waals surface area contributed by atoms with Gasteiger partial charge in [0.25, 0.3) is 0 Å². The van der Waals surface area contributed by atoms with Crippen LogP contribution in [-0.4, -0.2) is 48.8 Å². The number of carbonyl (C=O) groups excluding carboxylic acids is 3. The maximum Gasteiger partial charge on any atom is 0.239 e. The molecule has 1 aromatic carbocycles. The van der Waals surface area contributed by atoms with E-state index in [-0.39, 0.29) is 23.5 Å². The molecule has 0 spiro atoms. The summed E-state index contributed by atoms with van der Waals surface area (Å²) in [4.78, 5) is 39.5. The van der Waals surface area contributed by atoms with Crippen LogP contribution in [-0.2, 0) is 14.4 Å². The van der Waals surface area contributed by atoms with Crippen LogP contribution < -0.4 is 10.2 Å². The summed E-state index contributed by atoms with van der Waals surface area (Å²) in [5.74, 6) is -1.41. The standard InChI is InChI=1S/C18H22FN3O3/c19-13-4-6-14(7-5-13)22-12-8-15(18(22)25)17(24)20-9-2-11-21-10-1-3-16(21)23/h4-7,15H,1-3,8-12H2,(H,20,24). The van der Waals surface area contributed by atoms with Crippen molar-refractivity contribution < 1.29 is 18.8 Å². The lowest BCUT2D eigenvalue weighted by Gasteiger charge is -2.17. The molecule has 0 saturated carbocycles. The molecule has 1 atom stereocenters. The second-order valence-electron chi connectivity index (χ2n) is 6.44. The van der Waals surface area contributed by atoms with Crippen LogP contribution in [0.1, 0.15) is 25.7 Å². The Morgan fingerprint density at radius 3 is 2.64 bits per heavy atom. The molecule has 3 amide bonds. The highest BCUT2D eigenvalue weighted by molar-refractivity contribution is 6.09. The van der Waals surface area contributed by atoms with Gasteiger partial charge in [0.1, 0.15) is 11.7 Å². The van der Waals surface area contributed by atoms with Crippen LogP contribution in [0.5, 0.6) is 0 Å². The van der Waals surface area contributed by atoms with E-state index >= 15 is 0 Å². The first-order valence-electron chi connectivity index (χ1n) is 8.68. The van der Waals surface area contributed by atoms with Crippen LogP contribution in [0.15, 0.2) is 24.3 Å². The number of carbonyl (C=O) groups is 3. The minimum atomic E-state index is -0.696. The predicted octanol–water partition coefficient (Wildman–Crippen LogP) is 1.31. The lowest BCUT2D eigenvalue weighted by Crippen LogP contribution is -2.38. The number of rotatable bonds is 6. The smallest absolute Gasteiger partial charge is 0.239 e. The zero-order valence-electron chi connectivity index (χ0n) is 14.0. The predicted molar refractivity (Wildman–Crippen MR) is 90.3 cm³/mol. The highest BCUT2D eigenvalue weighted by Crippen LogP contribution is 2.25. The number of halogens is 1. The summed E-state index contributed by atoms with van der Waals surface area (Å²) in [6.45, 7) is 2.33. The molecule has 134 valence electrons. The number of anilines is 1. The summed E-state index contributed by atoms with van der Waals surface area (Å²) < 4.78 is 13.0. The van der Waals surface area contributed by atoms with Gasteiger partial charge in [-0.2, -0.15) is 0 Å². The third kappa shape index (κ3) is 3.97. The van der Waals surface area contributed by atoms with E-state index in [1.54, 1.807) is 12.1 Å². The summed E-state index contributed by atoms with van der Waals surface area (Å²) in [7, 11) is 0. The SMILES string of the molecule is O=C(NCCCN1CCCC1=O)C1CCN(c2ccc(F)cc2)C1=O. The summed E-state index contributed by atoms with van der Waals surface area (Å²) >= 11 is 0. The third-order valence-electron chi connectivity index (χ3n) is 4.74. The molecule has 25 heavy (non-hydrogen) atoms. The Bertz CT molecular complexity index is 662. The molecule has 2 saturated heterocycles. The Morgan fingerprint density at radius 1 is 1.20 bits per heavy atom. The van der Waals surface area contributed by atoms with E-state index in [1.165, 1.54) is 17.0 Å². The Hall–Kier alpha value is -2.44. The first-order valence-corrected chi connectivity index (χ1v) is 8.68. The van der Waals surface area contributed by atoms with Crippen molar-refractivity contribution in [2.45, 2.75) is 25.7 Å².